The van der Waals surface area contributed by atoms with Crippen LogP contribution in [-0.2, 0) is 0 Å². The molecule has 0 bridgehead atoms. The van der Waals surface area contributed by atoms with Crippen LogP contribution in [0.25, 0.3) is 0 Å². The quantitative estimate of drug-likeness (QED) is 0.394. The molecule has 4 heavy (non-hydrogen) atoms. The van der Waals surface area contributed by atoms with E-state index in [2.05, 4.69) is 0 Å². The molecule has 26 valence electrons. The number of hydrogen-bond acceptors (Lipinski definition) is 3. The summed E-state index contributed by atoms with van der Waals surface area (Å²) in [7, 11) is 0. The minimum absolute atomic E-state index is 0. The first kappa shape index (κ1) is 491. The van der Waals surface area contributed by atoms with Crippen LogP contribution in [0.1, 0.15) is 0 Å². The summed E-state index contributed by atoms with van der Waals surface area (Å²) in [5, 5.41) is 0. The van der Waals surface area contributed by atoms with Gasteiger partial charge in [0.2, 0.25) is 0 Å². The summed E-state index contributed by atoms with van der Waals surface area (Å²) in [4.78, 5) is 0. The van der Waals surface area contributed by atoms with Gasteiger partial charge in [0.15, 0.2) is 0 Å². The molecule has 0 fully saturated rings. The van der Waals surface area contributed by atoms with Crippen molar-refractivity contribution in [3.63, 3.8) is 0 Å². The Morgan fingerprint density at radius 1 is 0.500 bits per heavy atom. The van der Waals surface area contributed by atoms with Crippen molar-refractivity contribution in [2.75, 3.05) is 0 Å². The van der Waals surface area contributed by atoms with Gasteiger partial charge in [-0.05, 0) is 0 Å². The SMILES string of the molecule is [OH-].[OH-].[OH-].[P+3]. The Morgan fingerprint density at radius 3 is 0.500 bits per heavy atom. The molecule has 0 aliphatic rings. The first-order valence-electron chi connectivity index (χ1n) is 0. The summed E-state index contributed by atoms with van der Waals surface area (Å²) in [5.41, 5.74) is 0. The van der Waals surface area contributed by atoms with Crippen molar-refractivity contribution in [3.8, 4) is 0 Å². The summed E-state index contributed by atoms with van der Waals surface area (Å²) in [6.45, 7) is 0. The topological polar surface area (TPSA) is 90.0 Å². The van der Waals surface area contributed by atoms with Crippen LogP contribution < -0.4 is 0 Å². The van der Waals surface area contributed by atoms with Gasteiger partial charge in [0.05, 0.1) is 0 Å². The molecule has 0 spiro atoms. The second-order valence-corrected chi connectivity index (χ2v) is 0. The van der Waals surface area contributed by atoms with Crippen LogP contribution in [0.2, 0.25) is 0 Å². The van der Waals surface area contributed by atoms with Crippen LogP contribution in [0.4, 0.5) is 0 Å². The number of rotatable bonds is 0. The first-order valence-corrected chi connectivity index (χ1v) is 0. The van der Waals surface area contributed by atoms with Crippen LogP contribution in [0.15, 0.2) is 0 Å². The summed E-state index contributed by atoms with van der Waals surface area (Å²) in [6.07, 6.45) is 0. The Labute approximate surface area is 27.6 Å². The number of hydrogen-bond donors (Lipinski definition) is 0. The second-order valence-electron chi connectivity index (χ2n) is 0. The van der Waals surface area contributed by atoms with Gasteiger partial charge in [-0.2, -0.15) is 0 Å². The van der Waals surface area contributed by atoms with E-state index >= 15 is 0 Å². The van der Waals surface area contributed by atoms with E-state index in [-0.39, 0.29) is 26.3 Å². The molecule has 0 aromatic heterocycles. The van der Waals surface area contributed by atoms with Crippen molar-refractivity contribution in [3.05, 3.63) is 0 Å². The van der Waals surface area contributed by atoms with Gasteiger partial charge >= 0.3 is 9.90 Å². The van der Waals surface area contributed by atoms with E-state index < -0.39 is 0 Å². The Kier molecular flexibility index (Phi) is 22600. The van der Waals surface area contributed by atoms with E-state index in [4.69, 9.17) is 0 Å². The Balaban J connectivity index is 0. The van der Waals surface area contributed by atoms with E-state index in [0.29, 0.717) is 0 Å². The van der Waals surface area contributed by atoms with E-state index in [1.807, 2.05) is 0 Å². The minimum atomic E-state index is 0. The Bertz CT molecular complexity index is 3.25. The smallest absolute Gasteiger partial charge is 0.870 e. The third kappa shape index (κ3) is 41.3. The Morgan fingerprint density at radius 2 is 0.500 bits per heavy atom. The fourth-order valence-electron chi connectivity index (χ4n) is 0. The van der Waals surface area contributed by atoms with E-state index in [9.17, 15) is 0 Å². The van der Waals surface area contributed by atoms with Crippen LogP contribution in [0.3, 0.4) is 0 Å². The van der Waals surface area contributed by atoms with E-state index in [0.717, 1.165) is 0 Å². The molecule has 0 aliphatic heterocycles. The summed E-state index contributed by atoms with van der Waals surface area (Å²) in [6, 6.07) is 0. The zero-order valence-electron chi connectivity index (χ0n) is 1.79. The van der Waals surface area contributed by atoms with Gasteiger partial charge in [-0.3, -0.25) is 0 Å². The molecule has 4 heteroatoms. The second kappa shape index (κ2) is 184. The molecule has 0 aromatic rings. The van der Waals surface area contributed by atoms with Gasteiger partial charge < -0.3 is 16.4 Å². The molecule has 0 amide bonds. The van der Waals surface area contributed by atoms with Crippen molar-refractivity contribution in [1.82, 2.24) is 0 Å². The van der Waals surface area contributed by atoms with Crippen LogP contribution in [-0.4, -0.2) is 16.4 Å². The maximum atomic E-state index is 0. The van der Waals surface area contributed by atoms with Crippen molar-refractivity contribution in [2.45, 2.75) is 0 Å². The van der Waals surface area contributed by atoms with Gasteiger partial charge in [-0.15, -0.1) is 0 Å². The monoisotopic (exact) mass is 82.0 g/mol. The molecule has 0 unspecified atom stereocenters. The molecule has 0 saturated carbocycles. The average molecular weight is 82.0 g/mol. The fraction of sp³-hybridized carbons (Fsp3) is 0. The largest absolute Gasteiger partial charge is 3.00 e. The zero-order valence-corrected chi connectivity index (χ0v) is 2.68. The van der Waals surface area contributed by atoms with E-state index in [1.165, 1.54) is 0 Å². The van der Waals surface area contributed by atoms with Gasteiger partial charge in [0, 0.05) is 0 Å². The van der Waals surface area contributed by atoms with Gasteiger partial charge in [-0.25, -0.2) is 0 Å². The van der Waals surface area contributed by atoms with Crippen LogP contribution in [0.5, 0.6) is 0 Å². The molecule has 0 atom stereocenters. The summed E-state index contributed by atoms with van der Waals surface area (Å²) >= 11 is 0. The normalized spacial score (nSPS) is 0. The maximum Gasteiger partial charge on any atom is 3.00 e. The molecule has 0 rings (SSSR count). The maximum absolute atomic E-state index is 0. The Hall–Kier alpha value is 0.310. The molecule has 3 N–H and O–H groups in total. The van der Waals surface area contributed by atoms with Crippen molar-refractivity contribution in [2.24, 2.45) is 0 Å². The molecule has 0 aromatic carbocycles. The van der Waals surface area contributed by atoms with Crippen LogP contribution in [0, 0.1) is 0 Å². The molecule has 0 aliphatic carbocycles. The summed E-state index contributed by atoms with van der Waals surface area (Å²) in [5.74, 6) is 0. The summed E-state index contributed by atoms with van der Waals surface area (Å²) < 4.78 is 0. The molecular formula is H3O3P. The molecule has 0 heterocycles. The third-order valence-corrected chi connectivity index (χ3v) is 0. The van der Waals surface area contributed by atoms with E-state index in [1.54, 1.807) is 0 Å². The standard InChI is InChI=1S/3H2O.P/h3*1H2;/q;;;+3/p-3. The van der Waals surface area contributed by atoms with Crippen molar-refractivity contribution >= 4 is 9.90 Å². The third-order valence-electron chi connectivity index (χ3n) is 0. The average Bonchev–Trinajstić information content (AvgIpc) is 0. The fourth-order valence-corrected chi connectivity index (χ4v) is 0. The molecule has 3 nitrogen and oxygen atoms in total. The molecule has 2 radical (unpaired) electrons. The van der Waals surface area contributed by atoms with Gasteiger partial charge in [0.1, 0.15) is 0 Å². The van der Waals surface area contributed by atoms with Crippen LogP contribution >= 0.6 is 9.90 Å². The van der Waals surface area contributed by atoms with Crippen molar-refractivity contribution in [1.29, 1.82) is 0 Å². The predicted molar refractivity (Wildman–Crippen MR) is 12.7 cm³/mol. The first-order chi connectivity index (χ1) is 0. The zero-order chi connectivity index (χ0) is 0. The van der Waals surface area contributed by atoms with Gasteiger partial charge in [-0.1, -0.05) is 0 Å². The van der Waals surface area contributed by atoms with Crippen molar-refractivity contribution < 1.29 is 16.4 Å². The van der Waals surface area contributed by atoms with Gasteiger partial charge in [0.25, 0.3) is 0 Å². The predicted octanol–water partition coefficient (Wildman–Crippen LogP) is 0.331. The molecular weight excluding hydrogens is 79.0 g/mol. The minimum Gasteiger partial charge on any atom is -0.870 e. The molecule has 0 saturated heterocycles.